The zero-order valence-electron chi connectivity index (χ0n) is 17.0. The lowest BCUT2D eigenvalue weighted by atomic mass is 10.0. The van der Waals surface area contributed by atoms with E-state index < -0.39 is 12.0 Å². The highest BCUT2D eigenvalue weighted by Crippen LogP contribution is 2.30. The third-order valence-corrected chi connectivity index (χ3v) is 6.35. The average molecular weight is 504 g/mol. The number of hydrogen-bond acceptors (Lipinski definition) is 3. The van der Waals surface area contributed by atoms with Crippen LogP contribution in [0.5, 0.6) is 0 Å². The van der Waals surface area contributed by atoms with Gasteiger partial charge in [-0.1, -0.05) is 53.0 Å². The molecule has 2 amide bonds. The number of amides is 2. The molecular formula is C24H17Cl3N2O4. The van der Waals surface area contributed by atoms with Crippen LogP contribution in [-0.2, 0) is 17.8 Å². The summed E-state index contributed by atoms with van der Waals surface area (Å²) in [4.78, 5) is 39.4. The Morgan fingerprint density at radius 3 is 2.27 bits per heavy atom. The fourth-order valence-corrected chi connectivity index (χ4v) is 4.18. The van der Waals surface area contributed by atoms with Crippen molar-refractivity contribution in [3.8, 4) is 0 Å². The number of carbonyl (C=O) groups excluding carboxylic acids is 2. The van der Waals surface area contributed by atoms with Gasteiger partial charge >= 0.3 is 5.97 Å². The van der Waals surface area contributed by atoms with Gasteiger partial charge in [0.15, 0.2) is 0 Å². The molecule has 0 saturated carbocycles. The predicted octanol–water partition coefficient (Wildman–Crippen LogP) is 5.55. The van der Waals surface area contributed by atoms with Crippen LogP contribution < -0.4 is 5.32 Å². The van der Waals surface area contributed by atoms with Gasteiger partial charge < -0.3 is 15.3 Å². The predicted molar refractivity (Wildman–Crippen MR) is 127 cm³/mol. The number of rotatable bonds is 5. The summed E-state index contributed by atoms with van der Waals surface area (Å²) in [5, 5.41) is 13.1. The molecule has 1 aliphatic rings. The topological polar surface area (TPSA) is 86.7 Å². The second-order valence-corrected chi connectivity index (χ2v) is 8.83. The van der Waals surface area contributed by atoms with Crippen LogP contribution in [0.3, 0.4) is 0 Å². The van der Waals surface area contributed by atoms with E-state index in [1.165, 1.54) is 23.1 Å². The van der Waals surface area contributed by atoms with Gasteiger partial charge in [0.25, 0.3) is 5.91 Å². The molecule has 1 aliphatic heterocycles. The zero-order valence-corrected chi connectivity index (χ0v) is 19.3. The molecule has 0 saturated heterocycles. The van der Waals surface area contributed by atoms with Crippen molar-refractivity contribution >= 4 is 58.3 Å². The lowest BCUT2D eigenvalue weighted by Crippen LogP contribution is -2.46. The molecule has 1 atom stereocenters. The van der Waals surface area contributed by atoms with Crippen LogP contribution in [0.2, 0.25) is 15.1 Å². The number of carboxylic acid groups (broad SMARTS) is 1. The van der Waals surface area contributed by atoms with Gasteiger partial charge in [-0.3, -0.25) is 9.59 Å². The maximum Gasteiger partial charge on any atom is 0.335 e. The van der Waals surface area contributed by atoms with E-state index in [1.807, 2.05) is 0 Å². The van der Waals surface area contributed by atoms with Crippen molar-refractivity contribution in [3.63, 3.8) is 0 Å². The molecule has 0 bridgehead atoms. The van der Waals surface area contributed by atoms with Gasteiger partial charge in [-0.2, -0.15) is 0 Å². The summed E-state index contributed by atoms with van der Waals surface area (Å²) in [5.74, 6) is -1.78. The SMILES string of the molecule is O=C(O)c1ccc(CN2C(=O)c3ccc(Cl)cc3NC(=O)[C@H]2Cc2ccc(Cl)c(Cl)c2)cc1. The number of anilines is 1. The maximum atomic E-state index is 13.5. The Morgan fingerprint density at radius 1 is 0.909 bits per heavy atom. The number of nitrogens with zero attached hydrogens (tertiary/aromatic N) is 1. The first-order valence-electron chi connectivity index (χ1n) is 9.90. The molecule has 3 aromatic carbocycles. The van der Waals surface area contributed by atoms with Gasteiger partial charge in [0.1, 0.15) is 6.04 Å². The van der Waals surface area contributed by atoms with Crippen molar-refractivity contribution in [2.75, 3.05) is 5.32 Å². The van der Waals surface area contributed by atoms with Crippen molar-refractivity contribution < 1.29 is 19.5 Å². The highest BCUT2D eigenvalue weighted by atomic mass is 35.5. The molecular weight excluding hydrogens is 487 g/mol. The molecule has 0 aliphatic carbocycles. The van der Waals surface area contributed by atoms with Gasteiger partial charge in [-0.25, -0.2) is 4.79 Å². The number of halogens is 3. The smallest absolute Gasteiger partial charge is 0.335 e. The fraction of sp³-hybridized carbons (Fsp3) is 0.125. The first kappa shape index (κ1) is 23.1. The minimum absolute atomic E-state index is 0.0974. The van der Waals surface area contributed by atoms with Crippen LogP contribution in [0.25, 0.3) is 0 Å². The molecule has 33 heavy (non-hydrogen) atoms. The van der Waals surface area contributed by atoms with Gasteiger partial charge in [0.2, 0.25) is 5.91 Å². The Hall–Kier alpha value is -3.06. The quantitative estimate of drug-likeness (QED) is 0.478. The van der Waals surface area contributed by atoms with Crippen LogP contribution in [0.4, 0.5) is 5.69 Å². The Labute approximate surface area is 204 Å². The number of nitrogens with one attached hydrogen (secondary N) is 1. The number of aromatic carboxylic acids is 1. The second-order valence-electron chi connectivity index (χ2n) is 7.58. The molecule has 0 unspecified atom stereocenters. The molecule has 1 heterocycles. The highest BCUT2D eigenvalue weighted by molar-refractivity contribution is 6.42. The lowest BCUT2D eigenvalue weighted by molar-refractivity contribution is -0.120. The Bertz CT molecular complexity index is 1260. The molecule has 168 valence electrons. The molecule has 0 fully saturated rings. The van der Waals surface area contributed by atoms with Crippen LogP contribution in [0.1, 0.15) is 31.8 Å². The summed E-state index contributed by atoms with van der Waals surface area (Å²) in [5.41, 5.74) is 2.18. The van der Waals surface area contributed by atoms with E-state index in [9.17, 15) is 14.4 Å². The van der Waals surface area contributed by atoms with Crippen molar-refractivity contribution in [1.29, 1.82) is 0 Å². The van der Waals surface area contributed by atoms with Crippen molar-refractivity contribution in [1.82, 2.24) is 4.90 Å². The number of benzene rings is 3. The number of carbonyl (C=O) groups is 3. The molecule has 0 spiro atoms. The van der Waals surface area contributed by atoms with E-state index in [-0.39, 0.29) is 30.3 Å². The van der Waals surface area contributed by atoms with E-state index in [0.29, 0.717) is 31.9 Å². The third kappa shape index (κ3) is 4.98. The Balaban J connectivity index is 1.73. The summed E-state index contributed by atoms with van der Waals surface area (Å²) >= 11 is 18.2. The average Bonchev–Trinajstić information content (AvgIpc) is 2.86. The van der Waals surface area contributed by atoms with Gasteiger partial charge in [-0.15, -0.1) is 0 Å². The van der Waals surface area contributed by atoms with Crippen LogP contribution in [-0.4, -0.2) is 33.8 Å². The molecule has 0 aromatic heterocycles. The van der Waals surface area contributed by atoms with Gasteiger partial charge in [-0.05, 0) is 53.6 Å². The minimum atomic E-state index is -1.05. The van der Waals surface area contributed by atoms with E-state index >= 15 is 0 Å². The molecule has 4 rings (SSSR count). The standard InChI is InChI=1S/C24H17Cl3N2O4/c25-16-6-7-17-20(11-16)28-22(30)21(10-14-3-8-18(26)19(27)9-14)29(23(17)31)12-13-1-4-15(5-2-13)24(32)33/h1-9,11,21H,10,12H2,(H,28,30)(H,32,33)/t21-/m1/s1. The normalized spacial score (nSPS) is 15.6. The number of carboxylic acids is 1. The summed E-state index contributed by atoms with van der Waals surface area (Å²) < 4.78 is 0. The van der Waals surface area contributed by atoms with Crippen molar-refractivity contribution in [2.45, 2.75) is 19.0 Å². The summed E-state index contributed by atoms with van der Waals surface area (Å²) in [6.45, 7) is 0.0974. The van der Waals surface area contributed by atoms with Crippen molar-refractivity contribution in [3.05, 3.63) is 98.0 Å². The highest BCUT2D eigenvalue weighted by Gasteiger charge is 2.35. The summed E-state index contributed by atoms with van der Waals surface area (Å²) in [6, 6.07) is 15.1. The molecule has 0 radical (unpaired) electrons. The first-order chi connectivity index (χ1) is 15.7. The zero-order chi connectivity index (χ0) is 23.7. The maximum absolute atomic E-state index is 13.5. The van der Waals surface area contributed by atoms with Crippen LogP contribution in [0, 0.1) is 0 Å². The molecule has 2 N–H and O–H groups in total. The first-order valence-corrected chi connectivity index (χ1v) is 11.0. The van der Waals surface area contributed by atoms with Crippen LogP contribution in [0.15, 0.2) is 60.7 Å². The lowest BCUT2D eigenvalue weighted by Gasteiger charge is -2.29. The fourth-order valence-electron chi connectivity index (χ4n) is 3.68. The van der Waals surface area contributed by atoms with E-state index in [2.05, 4.69) is 5.32 Å². The van der Waals surface area contributed by atoms with Crippen LogP contribution >= 0.6 is 34.8 Å². The number of hydrogen-bond donors (Lipinski definition) is 2. The third-order valence-electron chi connectivity index (χ3n) is 5.38. The van der Waals surface area contributed by atoms with Crippen molar-refractivity contribution in [2.24, 2.45) is 0 Å². The summed E-state index contributed by atoms with van der Waals surface area (Å²) in [6.07, 6.45) is 0.198. The monoisotopic (exact) mass is 502 g/mol. The minimum Gasteiger partial charge on any atom is -0.478 e. The molecule has 6 nitrogen and oxygen atoms in total. The van der Waals surface area contributed by atoms with E-state index in [4.69, 9.17) is 39.9 Å². The summed E-state index contributed by atoms with van der Waals surface area (Å²) in [7, 11) is 0. The molecule has 9 heteroatoms. The Morgan fingerprint density at radius 2 is 1.61 bits per heavy atom. The largest absolute Gasteiger partial charge is 0.478 e. The Kier molecular flexibility index (Phi) is 6.61. The van der Waals surface area contributed by atoms with Gasteiger partial charge in [0, 0.05) is 18.0 Å². The molecule has 3 aromatic rings. The van der Waals surface area contributed by atoms with E-state index in [0.717, 1.165) is 5.56 Å². The van der Waals surface area contributed by atoms with E-state index in [1.54, 1.807) is 42.5 Å². The van der Waals surface area contributed by atoms with Gasteiger partial charge in [0.05, 0.1) is 26.9 Å². The number of fused-ring (bicyclic) bond motifs is 1. The second kappa shape index (κ2) is 9.43.